The monoisotopic (exact) mass is 515 g/mol. The first-order valence-corrected chi connectivity index (χ1v) is 12.2. The minimum Gasteiger partial charge on any atom is -0.384 e. The number of rotatable bonds is 9. The quantitative estimate of drug-likeness (QED) is 0.235. The summed E-state index contributed by atoms with van der Waals surface area (Å²) in [6.45, 7) is 3.71. The highest BCUT2D eigenvalue weighted by atomic mass is 19.1. The van der Waals surface area contributed by atoms with Gasteiger partial charge in [0.25, 0.3) is 5.69 Å². The molecule has 4 rings (SSSR count). The zero-order valence-corrected chi connectivity index (χ0v) is 21.0. The Labute approximate surface area is 214 Å². The maximum absolute atomic E-state index is 15.6. The second kappa shape index (κ2) is 11.7. The molecule has 0 atom stereocenters. The number of halogens is 2. The zero-order chi connectivity index (χ0) is 26.5. The Balaban J connectivity index is 1.53. The van der Waals surface area contributed by atoms with Gasteiger partial charge in [-0.3, -0.25) is 19.8 Å². The van der Waals surface area contributed by atoms with Crippen LogP contribution >= 0.6 is 0 Å². The molecule has 11 heteroatoms. The molecular formula is C26H31F2N5O4. The molecule has 0 bridgehead atoms. The molecule has 0 radical (unpaired) electrons. The van der Waals surface area contributed by atoms with Crippen molar-refractivity contribution in [1.82, 2.24) is 10.2 Å². The number of ether oxygens (including phenoxy) is 1. The number of piperazine rings is 1. The molecule has 0 unspecified atom stereocenters. The molecule has 2 aliphatic rings. The molecule has 0 saturated carbocycles. The number of methoxy groups -OCH3 is 1. The van der Waals surface area contributed by atoms with Gasteiger partial charge in [0.05, 0.1) is 33.6 Å². The summed E-state index contributed by atoms with van der Waals surface area (Å²) in [6.07, 6.45) is 2.21. The van der Waals surface area contributed by atoms with E-state index >= 15 is 4.39 Å². The predicted octanol–water partition coefficient (Wildman–Crippen LogP) is 3.53. The van der Waals surface area contributed by atoms with Crippen molar-refractivity contribution in [3.05, 3.63) is 68.8 Å². The SMILES string of the molecule is COCN(C)c1cc(CN2CCN(c3ccc([N+](=O)[O-])cc3F)CC2)cc(F)c1C1=C(C=O)CCCN1. The molecule has 198 valence electrons. The van der Waals surface area contributed by atoms with E-state index in [2.05, 4.69) is 10.2 Å². The number of hydrogen-bond donors (Lipinski definition) is 1. The van der Waals surface area contributed by atoms with Gasteiger partial charge in [0.15, 0.2) is 5.82 Å². The van der Waals surface area contributed by atoms with E-state index in [-0.39, 0.29) is 12.4 Å². The predicted molar refractivity (Wildman–Crippen MR) is 137 cm³/mol. The van der Waals surface area contributed by atoms with E-state index in [0.717, 1.165) is 24.3 Å². The van der Waals surface area contributed by atoms with Crippen molar-refractivity contribution in [3.63, 3.8) is 0 Å². The summed E-state index contributed by atoms with van der Waals surface area (Å²) >= 11 is 0. The standard InChI is InChI=1S/C26H31F2N5O4/c1-30(17-37-2)24-13-18(12-22(28)25(24)26-19(16-34)4-3-7-29-26)15-31-8-10-32(11-9-31)23-6-5-20(33(35)36)14-21(23)27/h5-6,12-14,16,29H,3-4,7-11,15,17H2,1-2H3. The van der Waals surface area contributed by atoms with E-state index in [1.54, 1.807) is 7.11 Å². The van der Waals surface area contributed by atoms with Crippen molar-refractivity contribution in [2.75, 3.05) is 63.4 Å². The Morgan fingerprint density at radius 1 is 1.16 bits per heavy atom. The van der Waals surface area contributed by atoms with Crippen LogP contribution in [0.25, 0.3) is 5.70 Å². The number of benzene rings is 2. The summed E-state index contributed by atoms with van der Waals surface area (Å²) in [5, 5.41) is 14.1. The lowest BCUT2D eigenvalue weighted by Gasteiger charge is -2.36. The lowest BCUT2D eigenvalue weighted by atomic mass is 9.96. The van der Waals surface area contributed by atoms with Crippen molar-refractivity contribution >= 4 is 29.0 Å². The van der Waals surface area contributed by atoms with Crippen LogP contribution in [0.4, 0.5) is 25.8 Å². The molecule has 0 amide bonds. The minimum atomic E-state index is -0.619. The minimum absolute atomic E-state index is 0.249. The third-order valence-corrected chi connectivity index (χ3v) is 6.76. The highest BCUT2D eigenvalue weighted by molar-refractivity contribution is 5.91. The molecule has 9 nitrogen and oxygen atoms in total. The van der Waals surface area contributed by atoms with E-state index in [1.165, 1.54) is 18.2 Å². The normalized spacial score (nSPS) is 16.5. The average molecular weight is 516 g/mol. The summed E-state index contributed by atoms with van der Waals surface area (Å²) in [5.74, 6) is -1.03. The Kier molecular flexibility index (Phi) is 8.34. The summed E-state index contributed by atoms with van der Waals surface area (Å²) in [4.78, 5) is 27.8. The Morgan fingerprint density at radius 2 is 1.92 bits per heavy atom. The van der Waals surface area contributed by atoms with E-state index in [4.69, 9.17) is 4.74 Å². The third-order valence-electron chi connectivity index (χ3n) is 6.76. The van der Waals surface area contributed by atoms with Gasteiger partial charge in [-0.15, -0.1) is 0 Å². The maximum atomic E-state index is 15.6. The Morgan fingerprint density at radius 3 is 2.57 bits per heavy atom. The molecule has 2 aromatic rings. The summed E-state index contributed by atoms with van der Waals surface area (Å²) < 4.78 is 35.3. The summed E-state index contributed by atoms with van der Waals surface area (Å²) in [6, 6.07) is 7.12. The second-order valence-electron chi connectivity index (χ2n) is 9.29. The highest BCUT2D eigenvalue weighted by Gasteiger charge is 2.25. The van der Waals surface area contributed by atoms with Crippen LogP contribution in [-0.2, 0) is 16.1 Å². The van der Waals surface area contributed by atoms with Crippen molar-refractivity contribution in [3.8, 4) is 0 Å². The topological polar surface area (TPSA) is 91.2 Å². The van der Waals surface area contributed by atoms with E-state index in [9.17, 15) is 19.3 Å². The fraction of sp³-hybridized carbons (Fsp3) is 0.423. The van der Waals surface area contributed by atoms with E-state index < -0.39 is 16.6 Å². The fourth-order valence-corrected chi connectivity index (χ4v) is 4.92. The molecule has 2 heterocycles. The van der Waals surface area contributed by atoms with Crippen molar-refractivity contribution < 1.29 is 23.2 Å². The number of nitro groups is 1. The van der Waals surface area contributed by atoms with Gasteiger partial charge in [-0.1, -0.05) is 0 Å². The summed E-state index contributed by atoms with van der Waals surface area (Å²) in [7, 11) is 3.38. The molecule has 37 heavy (non-hydrogen) atoms. The second-order valence-corrected chi connectivity index (χ2v) is 9.29. The number of anilines is 2. The molecule has 2 aliphatic heterocycles. The number of nitrogens with zero attached hydrogens (tertiary/aromatic N) is 4. The van der Waals surface area contributed by atoms with E-state index in [1.807, 2.05) is 22.9 Å². The van der Waals surface area contributed by atoms with Gasteiger partial charge in [-0.2, -0.15) is 0 Å². The van der Waals surface area contributed by atoms with Gasteiger partial charge >= 0.3 is 0 Å². The van der Waals surface area contributed by atoms with Crippen LogP contribution in [0, 0.1) is 21.7 Å². The van der Waals surface area contributed by atoms with Crippen LogP contribution in [-0.4, -0.2) is 69.7 Å². The zero-order valence-electron chi connectivity index (χ0n) is 21.0. The third kappa shape index (κ3) is 5.89. The fourth-order valence-electron chi connectivity index (χ4n) is 4.92. The number of nitrogens with one attached hydrogen (secondary N) is 1. The summed E-state index contributed by atoms with van der Waals surface area (Å²) in [5.41, 5.74) is 2.91. The Hall–Kier alpha value is -3.57. The van der Waals surface area contributed by atoms with Crippen LogP contribution in [0.2, 0.25) is 0 Å². The van der Waals surface area contributed by atoms with Crippen LogP contribution in [0.5, 0.6) is 0 Å². The number of allylic oxidation sites excluding steroid dienone is 1. The molecule has 1 saturated heterocycles. The average Bonchev–Trinajstić information content (AvgIpc) is 2.89. The van der Waals surface area contributed by atoms with Gasteiger partial charge in [-0.05, 0) is 36.6 Å². The van der Waals surface area contributed by atoms with E-state index in [0.29, 0.717) is 73.9 Å². The largest absolute Gasteiger partial charge is 0.384 e. The molecule has 0 spiro atoms. The van der Waals surface area contributed by atoms with Gasteiger partial charge < -0.3 is 19.9 Å². The van der Waals surface area contributed by atoms with Gasteiger partial charge in [-0.25, -0.2) is 8.78 Å². The first-order valence-electron chi connectivity index (χ1n) is 12.2. The molecule has 0 aromatic heterocycles. The van der Waals surface area contributed by atoms with Crippen LogP contribution in [0.15, 0.2) is 35.9 Å². The molecule has 0 aliphatic carbocycles. The van der Waals surface area contributed by atoms with Gasteiger partial charge in [0.2, 0.25) is 0 Å². The number of carbonyl (C=O) groups is 1. The molecule has 1 N–H and O–H groups in total. The van der Waals surface area contributed by atoms with Gasteiger partial charge in [0.1, 0.15) is 18.8 Å². The number of aldehydes is 1. The maximum Gasteiger partial charge on any atom is 0.272 e. The lowest BCUT2D eigenvalue weighted by Crippen LogP contribution is -2.46. The number of nitro benzene ring substituents is 1. The lowest BCUT2D eigenvalue weighted by molar-refractivity contribution is -0.385. The Bertz CT molecular complexity index is 1200. The van der Waals surface area contributed by atoms with Crippen molar-refractivity contribution in [1.29, 1.82) is 0 Å². The number of carbonyl (C=O) groups excluding carboxylic acids is 1. The van der Waals surface area contributed by atoms with Crippen LogP contribution in [0.3, 0.4) is 0 Å². The van der Waals surface area contributed by atoms with Crippen molar-refractivity contribution in [2.24, 2.45) is 0 Å². The number of hydrogen-bond acceptors (Lipinski definition) is 8. The molecule has 1 fully saturated rings. The molecular weight excluding hydrogens is 484 g/mol. The van der Waals surface area contributed by atoms with Crippen LogP contribution in [0.1, 0.15) is 24.0 Å². The molecule has 2 aromatic carbocycles. The first kappa shape index (κ1) is 26.5. The van der Waals surface area contributed by atoms with Crippen molar-refractivity contribution in [2.45, 2.75) is 19.4 Å². The number of non-ortho nitro benzene ring substituents is 1. The highest BCUT2D eigenvalue weighted by Crippen LogP contribution is 2.34. The smallest absolute Gasteiger partial charge is 0.272 e. The first-order chi connectivity index (χ1) is 17.8. The van der Waals surface area contributed by atoms with Gasteiger partial charge in [0, 0.05) is 65.1 Å². The van der Waals surface area contributed by atoms with Crippen LogP contribution < -0.4 is 15.1 Å².